The fourth-order valence-electron chi connectivity index (χ4n) is 3.28. The lowest BCUT2D eigenvalue weighted by atomic mass is 10.0. The molecular formula is C18H29IN4O2. The number of hydrogen-bond acceptors (Lipinski definition) is 4. The third-order valence-electron chi connectivity index (χ3n) is 4.58. The monoisotopic (exact) mass is 460 g/mol. The van der Waals surface area contributed by atoms with Crippen LogP contribution in [-0.2, 0) is 6.54 Å². The topological polar surface area (TPSA) is 58.1 Å². The number of piperidine rings is 1. The van der Waals surface area contributed by atoms with E-state index in [0.29, 0.717) is 13.3 Å². The van der Waals surface area contributed by atoms with E-state index in [-0.39, 0.29) is 24.0 Å². The first kappa shape index (κ1) is 20.1. The highest BCUT2D eigenvalue weighted by molar-refractivity contribution is 14.0. The standard InChI is InChI=1S/C18H28N4O2.HI/c1-14-4-3-8-22(12-14)9-7-20-18(19-2)21-11-15-5-6-16-17(10-15)24-13-23-16;/h5-6,10,14H,3-4,7-9,11-13H2,1-2H3,(H2,19,20,21);1H. The van der Waals surface area contributed by atoms with Gasteiger partial charge in [-0.1, -0.05) is 13.0 Å². The number of fused-ring (bicyclic) bond motifs is 1. The van der Waals surface area contributed by atoms with E-state index in [1.807, 2.05) is 18.2 Å². The van der Waals surface area contributed by atoms with Crippen LogP contribution in [0.4, 0.5) is 0 Å². The molecule has 0 aliphatic carbocycles. The van der Waals surface area contributed by atoms with Crippen molar-refractivity contribution in [2.45, 2.75) is 26.3 Å². The van der Waals surface area contributed by atoms with Crippen LogP contribution in [0.1, 0.15) is 25.3 Å². The second-order valence-electron chi connectivity index (χ2n) is 6.59. The highest BCUT2D eigenvalue weighted by atomic mass is 127. The summed E-state index contributed by atoms with van der Waals surface area (Å²) in [6.45, 7) is 7.76. The van der Waals surface area contributed by atoms with Gasteiger partial charge in [0.05, 0.1) is 0 Å². The zero-order chi connectivity index (χ0) is 16.8. The van der Waals surface area contributed by atoms with Gasteiger partial charge in [-0.2, -0.15) is 0 Å². The molecule has 1 saturated heterocycles. The molecule has 140 valence electrons. The lowest BCUT2D eigenvalue weighted by Gasteiger charge is -2.30. The first-order chi connectivity index (χ1) is 11.7. The third-order valence-corrected chi connectivity index (χ3v) is 4.58. The van der Waals surface area contributed by atoms with Crippen molar-refractivity contribution in [2.24, 2.45) is 10.9 Å². The Bertz CT molecular complexity index is 582. The van der Waals surface area contributed by atoms with Crippen LogP contribution in [0.2, 0.25) is 0 Å². The Morgan fingerprint density at radius 1 is 1.28 bits per heavy atom. The molecule has 0 amide bonds. The fraction of sp³-hybridized carbons (Fsp3) is 0.611. The summed E-state index contributed by atoms with van der Waals surface area (Å²) in [5.74, 6) is 3.29. The molecular weight excluding hydrogens is 431 g/mol. The van der Waals surface area contributed by atoms with Gasteiger partial charge in [-0.3, -0.25) is 4.99 Å². The molecule has 3 rings (SSSR count). The normalized spacial score (nSPS) is 20.1. The average molecular weight is 460 g/mol. The minimum absolute atomic E-state index is 0. The molecule has 1 aromatic carbocycles. The van der Waals surface area contributed by atoms with Crippen molar-refractivity contribution in [3.8, 4) is 11.5 Å². The molecule has 1 atom stereocenters. The maximum Gasteiger partial charge on any atom is 0.231 e. The predicted octanol–water partition coefficient (Wildman–Crippen LogP) is 2.43. The van der Waals surface area contributed by atoms with Gasteiger partial charge in [-0.05, 0) is 43.0 Å². The van der Waals surface area contributed by atoms with Crippen LogP contribution >= 0.6 is 24.0 Å². The van der Waals surface area contributed by atoms with Crippen molar-refractivity contribution in [3.63, 3.8) is 0 Å². The second kappa shape index (κ2) is 10.1. The molecule has 0 radical (unpaired) electrons. The zero-order valence-corrected chi connectivity index (χ0v) is 17.4. The van der Waals surface area contributed by atoms with Crippen molar-refractivity contribution >= 4 is 29.9 Å². The summed E-state index contributed by atoms with van der Waals surface area (Å²) >= 11 is 0. The van der Waals surface area contributed by atoms with Gasteiger partial charge in [-0.15, -0.1) is 24.0 Å². The van der Waals surface area contributed by atoms with E-state index < -0.39 is 0 Å². The molecule has 0 aromatic heterocycles. The summed E-state index contributed by atoms with van der Waals surface area (Å²) in [6, 6.07) is 6.01. The van der Waals surface area contributed by atoms with Gasteiger partial charge < -0.3 is 25.0 Å². The van der Waals surface area contributed by atoms with Gasteiger partial charge in [0.15, 0.2) is 17.5 Å². The number of likely N-dealkylation sites (tertiary alicyclic amines) is 1. The zero-order valence-electron chi connectivity index (χ0n) is 15.1. The van der Waals surface area contributed by atoms with Crippen LogP contribution in [0.15, 0.2) is 23.2 Å². The van der Waals surface area contributed by atoms with E-state index in [2.05, 4.69) is 27.4 Å². The molecule has 0 saturated carbocycles. The van der Waals surface area contributed by atoms with Crippen molar-refractivity contribution in [1.82, 2.24) is 15.5 Å². The van der Waals surface area contributed by atoms with Crippen LogP contribution in [0.5, 0.6) is 11.5 Å². The van der Waals surface area contributed by atoms with Gasteiger partial charge in [0.1, 0.15) is 0 Å². The molecule has 1 fully saturated rings. The number of guanidine groups is 1. The minimum atomic E-state index is 0. The summed E-state index contributed by atoms with van der Waals surface area (Å²) in [5.41, 5.74) is 1.15. The quantitative estimate of drug-likeness (QED) is 0.402. The molecule has 0 bridgehead atoms. The van der Waals surface area contributed by atoms with Crippen molar-refractivity contribution in [3.05, 3.63) is 23.8 Å². The minimum Gasteiger partial charge on any atom is -0.454 e. The Balaban J connectivity index is 0.00000225. The number of nitrogens with zero attached hydrogens (tertiary/aromatic N) is 2. The maximum absolute atomic E-state index is 5.41. The molecule has 0 spiro atoms. The van der Waals surface area contributed by atoms with E-state index in [4.69, 9.17) is 9.47 Å². The van der Waals surface area contributed by atoms with Gasteiger partial charge in [-0.25, -0.2) is 0 Å². The molecule has 2 heterocycles. The fourth-order valence-corrected chi connectivity index (χ4v) is 3.28. The molecule has 6 nitrogen and oxygen atoms in total. The summed E-state index contributed by atoms with van der Waals surface area (Å²) in [5, 5.41) is 6.74. The van der Waals surface area contributed by atoms with Gasteiger partial charge >= 0.3 is 0 Å². The largest absolute Gasteiger partial charge is 0.454 e. The maximum atomic E-state index is 5.41. The van der Waals surface area contributed by atoms with Gasteiger partial charge in [0, 0.05) is 33.2 Å². The third kappa shape index (κ3) is 5.91. The van der Waals surface area contributed by atoms with E-state index in [0.717, 1.165) is 42.0 Å². The second-order valence-corrected chi connectivity index (χ2v) is 6.59. The Morgan fingerprint density at radius 2 is 2.12 bits per heavy atom. The molecule has 7 heteroatoms. The first-order valence-corrected chi connectivity index (χ1v) is 8.80. The van der Waals surface area contributed by atoms with Crippen molar-refractivity contribution in [1.29, 1.82) is 0 Å². The molecule has 1 unspecified atom stereocenters. The first-order valence-electron chi connectivity index (χ1n) is 8.80. The van der Waals surface area contributed by atoms with E-state index in [1.165, 1.54) is 25.9 Å². The smallest absolute Gasteiger partial charge is 0.231 e. The van der Waals surface area contributed by atoms with Gasteiger partial charge in [0.2, 0.25) is 6.79 Å². The summed E-state index contributed by atoms with van der Waals surface area (Å²) in [7, 11) is 1.80. The molecule has 25 heavy (non-hydrogen) atoms. The lowest BCUT2D eigenvalue weighted by Crippen LogP contribution is -2.43. The molecule has 2 N–H and O–H groups in total. The molecule has 1 aromatic rings. The van der Waals surface area contributed by atoms with Crippen LogP contribution in [0.25, 0.3) is 0 Å². The van der Waals surface area contributed by atoms with Crippen LogP contribution < -0.4 is 20.1 Å². The summed E-state index contributed by atoms with van der Waals surface area (Å²) in [4.78, 5) is 6.83. The number of hydrogen-bond donors (Lipinski definition) is 2. The Labute approximate surface area is 167 Å². The molecule has 2 aliphatic heterocycles. The van der Waals surface area contributed by atoms with E-state index in [9.17, 15) is 0 Å². The van der Waals surface area contributed by atoms with Crippen LogP contribution in [-0.4, -0.2) is 50.9 Å². The lowest BCUT2D eigenvalue weighted by molar-refractivity contribution is 0.174. The number of benzene rings is 1. The molecule has 2 aliphatic rings. The number of aliphatic imine (C=N–C) groups is 1. The van der Waals surface area contributed by atoms with Crippen molar-refractivity contribution in [2.75, 3.05) is 40.0 Å². The highest BCUT2D eigenvalue weighted by Gasteiger charge is 2.16. The van der Waals surface area contributed by atoms with E-state index in [1.54, 1.807) is 7.05 Å². The average Bonchev–Trinajstić information content (AvgIpc) is 3.05. The van der Waals surface area contributed by atoms with E-state index >= 15 is 0 Å². The van der Waals surface area contributed by atoms with Crippen LogP contribution in [0.3, 0.4) is 0 Å². The number of ether oxygens (including phenoxy) is 2. The van der Waals surface area contributed by atoms with Crippen LogP contribution in [0, 0.1) is 5.92 Å². The number of rotatable bonds is 5. The Hall–Kier alpha value is -1.22. The summed E-state index contributed by atoms with van der Waals surface area (Å²) in [6.07, 6.45) is 2.68. The highest BCUT2D eigenvalue weighted by Crippen LogP contribution is 2.32. The predicted molar refractivity (Wildman–Crippen MR) is 111 cm³/mol. The SMILES string of the molecule is CN=C(NCCN1CCCC(C)C1)NCc1ccc2c(c1)OCO2.I. The number of halogens is 1. The van der Waals surface area contributed by atoms with Crippen molar-refractivity contribution < 1.29 is 9.47 Å². The summed E-state index contributed by atoms with van der Waals surface area (Å²) < 4.78 is 10.7. The van der Waals surface area contributed by atoms with Gasteiger partial charge in [0.25, 0.3) is 0 Å². The number of nitrogens with one attached hydrogen (secondary N) is 2. The Kier molecular flexibility index (Phi) is 8.08. The Morgan fingerprint density at radius 3 is 2.92 bits per heavy atom.